The van der Waals surface area contributed by atoms with Crippen LogP contribution >= 0.6 is 0 Å². The molecule has 0 saturated carbocycles. The van der Waals surface area contributed by atoms with Crippen molar-refractivity contribution in [2.24, 2.45) is 0 Å². The molecule has 5 atom stereocenters. The molecule has 0 amide bonds. The Morgan fingerprint density at radius 1 is 1.22 bits per heavy atom. The lowest BCUT2D eigenvalue weighted by Gasteiger charge is -2.37. The highest BCUT2D eigenvalue weighted by Gasteiger charge is 2.42. The molecule has 2 heterocycles. The third-order valence-electron chi connectivity index (χ3n) is 5.30. The Morgan fingerprint density at radius 3 is 2.59 bits per heavy atom. The van der Waals surface area contributed by atoms with Gasteiger partial charge in [-0.3, -0.25) is 0 Å². The van der Waals surface area contributed by atoms with Gasteiger partial charge in [0.05, 0.1) is 18.9 Å². The maximum absolute atomic E-state index is 10.2. The van der Waals surface area contributed by atoms with Gasteiger partial charge in [0.1, 0.15) is 30.5 Å². The minimum atomic E-state index is -1.52. The minimum Gasteiger partial charge on any atom is -0.478 e. The van der Waals surface area contributed by atoms with E-state index in [-0.39, 0.29) is 5.69 Å². The maximum atomic E-state index is 10.2. The van der Waals surface area contributed by atoms with Gasteiger partial charge in [0.15, 0.2) is 0 Å². The number of pyridine rings is 1. The zero-order valence-corrected chi connectivity index (χ0v) is 17.8. The summed E-state index contributed by atoms with van der Waals surface area (Å²) in [6, 6.07) is 5.31. The van der Waals surface area contributed by atoms with E-state index in [0.29, 0.717) is 23.6 Å². The van der Waals surface area contributed by atoms with Crippen molar-refractivity contribution in [3.8, 4) is 28.8 Å². The van der Waals surface area contributed by atoms with Crippen LogP contribution in [0.3, 0.4) is 0 Å². The first-order valence-electron chi connectivity index (χ1n) is 10.2. The van der Waals surface area contributed by atoms with Gasteiger partial charge in [-0.05, 0) is 37.1 Å². The first-order valence-corrected chi connectivity index (χ1v) is 10.2. The van der Waals surface area contributed by atoms with E-state index in [1.165, 1.54) is 0 Å². The number of rotatable bonds is 5. The number of aliphatic hydroxyl groups is 4. The normalized spacial score (nSPS) is 25.0. The van der Waals surface area contributed by atoms with Crippen LogP contribution in [0.2, 0.25) is 0 Å². The maximum Gasteiger partial charge on any atom is 0.213 e. The summed E-state index contributed by atoms with van der Waals surface area (Å²) in [7, 11) is 0. The third kappa shape index (κ3) is 4.75. The van der Waals surface area contributed by atoms with Gasteiger partial charge in [0, 0.05) is 35.2 Å². The molecular weight excluding hydrogens is 414 g/mol. The average molecular weight is 441 g/mol. The van der Waals surface area contributed by atoms with Crippen molar-refractivity contribution in [3.63, 3.8) is 0 Å². The number of nitrogens with zero attached hydrogens (tertiary/aromatic N) is 1. The SMILES string of the molecule is CCOc1cc(C)c(-c2cc(C#CC3O[C@H](CO)[C@@H](O)C(O)C3O)c(N)c(C=N)c2)cn1. The molecule has 1 aliphatic rings. The summed E-state index contributed by atoms with van der Waals surface area (Å²) in [4.78, 5) is 4.30. The van der Waals surface area contributed by atoms with Crippen LogP contribution in [0.1, 0.15) is 23.6 Å². The van der Waals surface area contributed by atoms with Gasteiger partial charge in [0.2, 0.25) is 5.88 Å². The molecule has 7 N–H and O–H groups in total. The van der Waals surface area contributed by atoms with E-state index in [4.69, 9.17) is 20.6 Å². The molecular formula is C23H27N3O6. The predicted molar refractivity (Wildman–Crippen MR) is 119 cm³/mol. The fraction of sp³-hybridized carbons (Fsp3) is 0.391. The van der Waals surface area contributed by atoms with Gasteiger partial charge >= 0.3 is 0 Å². The Labute approximate surface area is 186 Å². The van der Waals surface area contributed by atoms with Crippen LogP contribution in [0.15, 0.2) is 24.4 Å². The monoisotopic (exact) mass is 441 g/mol. The Hall–Kier alpha value is -3.00. The predicted octanol–water partition coefficient (Wildman–Crippen LogP) is 0.229. The van der Waals surface area contributed by atoms with Crippen molar-refractivity contribution in [1.82, 2.24) is 4.98 Å². The summed E-state index contributed by atoms with van der Waals surface area (Å²) in [6.07, 6.45) is -3.84. The zero-order valence-electron chi connectivity index (χ0n) is 17.8. The van der Waals surface area contributed by atoms with Crippen LogP contribution in [0, 0.1) is 24.2 Å². The van der Waals surface area contributed by atoms with Crippen molar-refractivity contribution >= 4 is 11.9 Å². The lowest BCUT2D eigenvalue weighted by molar-refractivity contribution is -0.214. The number of nitrogens with two attached hydrogens (primary N) is 1. The molecule has 9 heteroatoms. The topological polar surface area (TPSA) is 162 Å². The summed E-state index contributed by atoms with van der Waals surface area (Å²) < 4.78 is 10.9. The molecule has 0 spiro atoms. The smallest absolute Gasteiger partial charge is 0.213 e. The molecule has 0 bridgehead atoms. The van der Waals surface area contributed by atoms with Gasteiger partial charge in [-0.25, -0.2) is 4.98 Å². The number of benzene rings is 1. The van der Waals surface area contributed by atoms with Gasteiger partial charge in [0.25, 0.3) is 0 Å². The highest BCUT2D eigenvalue weighted by Crippen LogP contribution is 2.30. The second-order valence-electron chi connectivity index (χ2n) is 7.46. The van der Waals surface area contributed by atoms with Crippen LogP contribution in [0.25, 0.3) is 11.1 Å². The molecule has 170 valence electrons. The second kappa shape index (κ2) is 10.1. The lowest BCUT2D eigenvalue weighted by atomic mass is 9.94. The van der Waals surface area contributed by atoms with E-state index in [0.717, 1.165) is 22.9 Å². The quantitative estimate of drug-likeness (QED) is 0.218. The van der Waals surface area contributed by atoms with Crippen molar-refractivity contribution in [1.29, 1.82) is 5.41 Å². The third-order valence-corrected chi connectivity index (χ3v) is 5.30. The summed E-state index contributed by atoms with van der Waals surface area (Å²) in [6.45, 7) is 3.76. The number of hydrogen-bond acceptors (Lipinski definition) is 9. The zero-order chi connectivity index (χ0) is 23.4. The molecule has 0 aliphatic carbocycles. The van der Waals surface area contributed by atoms with E-state index in [1.54, 1.807) is 18.3 Å². The molecule has 2 aromatic rings. The number of nitrogen functional groups attached to an aromatic ring is 1. The Bertz CT molecular complexity index is 1050. The molecule has 9 nitrogen and oxygen atoms in total. The van der Waals surface area contributed by atoms with E-state index in [9.17, 15) is 20.4 Å². The first kappa shape index (κ1) is 23.7. The Balaban J connectivity index is 2.00. The fourth-order valence-corrected chi connectivity index (χ4v) is 3.48. The van der Waals surface area contributed by atoms with E-state index in [1.807, 2.05) is 19.9 Å². The van der Waals surface area contributed by atoms with Gasteiger partial charge in [-0.15, -0.1) is 0 Å². The second-order valence-corrected chi connectivity index (χ2v) is 7.46. The largest absolute Gasteiger partial charge is 0.478 e. The number of hydrogen-bond donors (Lipinski definition) is 6. The summed E-state index contributed by atoms with van der Waals surface area (Å²) >= 11 is 0. The van der Waals surface area contributed by atoms with Crippen LogP contribution < -0.4 is 10.5 Å². The lowest BCUT2D eigenvalue weighted by Crippen LogP contribution is -2.58. The molecule has 1 fully saturated rings. The Kier molecular flexibility index (Phi) is 7.45. The number of ether oxygens (including phenoxy) is 2. The van der Waals surface area contributed by atoms with Crippen molar-refractivity contribution < 1.29 is 29.9 Å². The fourth-order valence-electron chi connectivity index (χ4n) is 3.48. The number of anilines is 1. The summed E-state index contributed by atoms with van der Waals surface area (Å²) in [5, 5.41) is 47.1. The number of aromatic nitrogens is 1. The van der Waals surface area contributed by atoms with Crippen LogP contribution in [0.5, 0.6) is 5.88 Å². The molecule has 1 aromatic carbocycles. The standard InChI is InChI=1S/C23H27N3O6/c1-3-31-19-6-12(2)16(10-26-19)14-7-13(20(25)15(8-14)9-24)4-5-17-21(28)23(30)22(29)18(11-27)32-17/h6-10,17-18,21-24,27-30H,3,11,25H2,1-2H3/t17?,18-,21?,22-,23?/m1/s1. The number of aryl methyl sites for hydroxylation is 1. The van der Waals surface area contributed by atoms with Gasteiger partial charge in [-0.1, -0.05) is 11.8 Å². The van der Waals surface area contributed by atoms with Gasteiger partial charge in [-0.2, -0.15) is 0 Å². The highest BCUT2D eigenvalue weighted by molar-refractivity contribution is 5.90. The molecule has 32 heavy (non-hydrogen) atoms. The summed E-state index contributed by atoms with van der Waals surface area (Å²) in [5.74, 6) is 6.08. The molecule has 3 unspecified atom stereocenters. The minimum absolute atomic E-state index is 0.275. The molecule has 1 aromatic heterocycles. The van der Waals surface area contributed by atoms with Crippen LogP contribution in [-0.4, -0.2) is 75.4 Å². The molecule has 0 radical (unpaired) electrons. The van der Waals surface area contributed by atoms with Gasteiger partial charge < -0.3 is 41.0 Å². The molecule has 1 saturated heterocycles. The van der Waals surface area contributed by atoms with E-state index >= 15 is 0 Å². The summed E-state index contributed by atoms with van der Waals surface area (Å²) in [5.41, 5.74) is 9.76. The molecule has 1 aliphatic heterocycles. The average Bonchev–Trinajstić information content (AvgIpc) is 2.78. The van der Waals surface area contributed by atoms with Crippen molar-refractivity contribution in [2.75, 3.05) is 18.9 Å². The van der Waals surface area contributed by atoms with Crippen LogP contribution in [0.4, 0.5) is 5.69 Å². The van der Waals surface area contributed by atoms with Crippen molar-refractivity contribution in [2.45, 2.75) is 44.4 Å². The van der Waals surface area contributed by atoms with E-state index in [2.05, 4.69) is 16.8 Å². The Morgan fingerprint density at radius 2 is 1.97 bits per heavy atom. The number of nitrogens with one attached hydrogen (secondary N) is 1. The highest BCUT2D eigenvalue weighted by atomic mass is 16.5. The van der Waals surface area contributed by atoms with Crippen molar-refractivity contribution in [3.05, 3.63) is 41.1 Å². The van der Waals surface area contributed by atoms with Crippen LogP contribution in [-0.2, 0) is 4.74 Å². The number of aliphatic hydroxyl groups excluding tert-OH is 4. The first-order chi connectivity index (χ1) is 15.3. The van der Waals surface area contributed by atoms with E-state index < -0.39 is 37.1 Å². The molecule has 3 rings (SSSR count).